The summed E-state index contributed by atoms with van der Waals surface area (Å²) < 4.78 is 11.7. The Hall–Kier alpha value is -3.31. The van der Waals surface area contributed by atoms with Gasteiger partial charge in [0.25, 0.3) is 0 Å². The van der Waals surface area contributed by atoms with Crippen molar-refractivity contribution in [2.24, 2.45) is 0 Å². The molecular formula is C29H32N2O3. The first-order valence-corrected chi connectivity index (χ1v) is 12.3. The van der Waals surface area contributed by atoms with Crippen molar-refractivity contribution in [3.05, 3.63) is 95.1 Å². The molecule has 2 heterocycles. The van der Waals surface area contributed by atoms with E-state index in [1.165, 1.54) is 22.4 Å². The fraction of sp³-hybridized carbons (Fsp3) is 0.345. The molecule has 1 unspecified atom stereocenters. The van der Waals surface area contributed by atoms with Crippen LogP contribution in [0.3, 0.4) is 0 Å². The second-order valence-corrected chi connectivity index (χ2v) is 8.94. The fourth-order valence-electron chi connectivity index (χ4n) is 5.13. The lowest BCUT2D eigenvalue weighted by Gasteiger charge is -2.36. The van der Waals surface area contributed by atoms with Crippen LogP contribution in [0.1, 0.15) is 35.2 Å². The van der Waals surface area contributed by atoms with Crippen molar-refractivity contribution in [3.8, 4) is 5.75 Å². The minimum Gasteiger partial charge on any atom is -0.492 e. The van der Waals surface area contributed by atoms with E-state index in [2.05, 4.69) is 52.3 Å². The summed E-state index contributed by atoms with van der Waals surface area (Å²) >= 11 is 0. The number of benzene rings is 3. The molecule has 5 rings (SSSR count). The minimum atomic E-state index is -0.419. The van der Waals surface area contributed by atoms with Crippen molar-refractivity contribution in [2.75, 3.05) is 37.7 Å². The number of para-hydroxylation sites is 1. The zero-order chi connectivity index (χ0) is 23.3. The van der Waals surface area contributed by atoms with Gasteiger partial charge in [0.2, 0.25) is 0 Å². The molecule has 0 fully saturated rings. The van der Waals surface area contributed by atoms with Crippen molar-refractivity contribution >= 4 is 11.7 Å². The summed E-state index contributed by atoms with van der Waals surface area (Å²) in [5.41, 5.74) is 6.12. The monoisotopic (exact) mass is 456 g/mol. The number of carbonyl (C=O) groups is 1. The second-order valence-electron chi connectivity index (χ2n) is 8.94. The summed E-state index contributed by atoms with van der Waals surface area (Å²) in [6, 6.07) is 24.7. The van der Waals surface area contributed by atoms with E-state index in [1.54, 1.807) is 0 Å². The molecule has 5 nitrogen and oxygen atoms in total. The number of esters is 1. The third-order valence-corrected chi connectivity index (χ3v) is 6.80. The molecule has 0 spiro atoms. The van der Waals surface area contributed by atoms with E-state index >= 15 is 0 Å². The SMILES string of the molecule is CCOC(=O)C1c2cc(OCCN3CCc4ccccc43)ccc2CCN1Cc1ccccc1. The van der Waals surface area contributed by atoms with Crippen LogP contribution in [-0.4, -0.2) is 43.7 Å². The van der Waals surface area contributed by atoms with Gasteiger partial charge >= 0.3 is 5.97 Å². The number of rotatable bonds is 8. The molecule has 0 radical (unpaired) electrons. The highest BCUT2D eigenvalue weighted by molar-refractivity contribution is 5.79. The Morgan fingerprint density at radius 1 is 0.941 bits per heavy atom. The number of hydrogen-bond donors (Lipinski definition) is 0. The van der Waals surface area contributed by atoms with Gasteiger partial charge in [0.1, 0.15) is 18.4 Å². The molecule has 0 amide bonds. The Bertz CT molecular complexity index is 1130. The number of fused-ring (bicyclic) bond motifs is 2. The summed E-state index contributed by atoms with van der Waals surface area (Å²) in [6.07, 6.45) is 2.00. The maximum atomic E-state index is 13.1. The summed E-state index contributed by atoms with van der Waals surface area (Å²) in [5, 5.41) is 0. The summed E-state index contributed by atoms with van der Waals surface area (Å²) in [7, 11) is 0. The van der Waals surface area contributed by atoms with Crippen LogP contribution >= 0.6 is 0 Å². The highest BCUT2D eigenvalue weighted by atomic mass is 16.5. The third-order valence-electron chi connectivity index (χ3n) is 6.80. The highest BCUT2D eigenvalue weighted by Crippen LogP contribution is 2.35. The molecule has 3 aromatic rings. The van der Waals surface area contributed by atoms with Gasteiger partial charge in [0, 0.05) is 25.3 Å². The van der Waals surface area contributed by atoms with E-state index < -0.39 is 6.04 Å². The summed E-state index contributed by atoms with van der Waals surface area (Å²) in [5.74, 6) is 0.618. The molecule has 0 saturated carbocycles. The van der Waals surface area contributed by atoms with Crippen molar-refractivity contribution < 1.29 is 14.3 Å². The van der Waals surface area contributed by atoms with E-state index in [9.17, 15) is 4.79 Å². The first-order valence-electron chi connectivity index (χ1n) is 12.3. The Morgan fingerprint density at radius 2 is 1.74 bits per heavy atom. The lowest BCUT2D eigenvalue weighted by Crippen LogP contribution is -2.40. The fourth-order valence-corrected chi connectivity index (χ4v) is 5.13. The average molecular weight is 457 g/mol. The van der Waals surface area contributed by atoms with Gasteiger partial charge in [-0.1, -0.05) is 54.6 Å². The molecule has 3 aromatic carbocycles. The zero-order valence-electron chi connectivity index (χ0n) is 19.8. The number of nitrogens with zero attached hydrogens (tertiary/aromatic N) is 2. The van der Waals surface area contributed by atoms with Crippen LogP contribution < -0.4 is 9.64 Å². The van der Waals surface area contributed by atoms with Crippen molar-refractivity contribution in [1.82, 2.24) is 4.90 Å². The first kappa shape index (κ1) is 22.5. The van der Waals surface area contributed by atoms with Gasteiger partial charge in [0.15, 0.2) is 0 Å². The molecule has 34 heavy (non-hydrogen) atoms. The Balaban J connectivity index is 1.31. The standard InChI is InChI=1S/C29H32N2O3/c1-2-33-29(32)28-26-20-25(34-19-18-30-16-15-24-10-6-7-11-27(24)30)13-12-23(26)14-17-31(28)21-22-8-4-3-5-9-22/h3-13,20,28H,2,14-19,21H2,1H3. The Morgan fingerprint density at radius 3 is 2.59 bits per heavy atom. The zero-order valence-corrected chi connectivity index (χ0v) is 19.8. The normalized spacial score (nSPS) is 17.2. The third kappa shape index (κ3) is 4.80. The highest BCUT2D eigenvalue weighted by Gasteiger charge is 2.34. The van der Waals surface area contributed by atoms with Gasteiger partial charge in [-0.15, -0.1) is 0 Å². The molecule has 2 aliphatic heterocycles. The molecule has 1 atom stereocenters. The Labute approximate surface area is 201 Å². The van der Waals surface area contributed by atoms with Crippen LogP contribution in [-0.2, 0) is 28.9 Å². The van der Waals surface area contributed by atoms with Gasteiger partial charge in [-0.25, -0.2) is 4.79 Å². The molecular weight excluding hydrogens is 424 g/mol. The van der Waals surface area contributed by atoms with Crippen LogP contribution in [0.5, 0.6) is 5.75 Å². The number of anilines is 1. The maximum absolute atomic E-state index is 13.1. The van der Waals surface area contributed by atoms with Gasteiger partial charge in [-0.05, 0) is 60.2 Å². The summed E-state index contributed by atoms with van der Waals surface area (Å²) in [6.45, 7) is 6.24. The Kier molecular flexibility index (Phi) is 6.82. The van der Waals surface area contributed by atoms with Crippen LogP contribution in [0, 0.1) is 0 Å². The van der Waals surface area contributed by atoms with Gasteiger partial charge < -0.3 is 14.4 Å². The predicted molar refractivity (Wildman–Crippen MR) is 134 cm³/mol. The van der Waals surface area contributed by atoms with Crippen molar-refractivity contribution in [2.45, 2.75) is 32.4 Å². The van der Waals surface area contributed by atoms with E-state index in [1.807, 2.05) is 37.3 Å². The van der Waals surface area contributed by atoms with E-state index in [4.69, 9.17) is 9.47 Å². The van der Waals surface area contributed by atoms with E-state index in [0.717, 1.165) is 43.8 Å². The number of carbonyl (C=O) groups excluding carboxylic acids is 1. The van der Waals surface area contributed by atoms with Crippen LogP contribution in [0.15, 0.2) is 72.8 Å². The van der Waals surface area contributed by atoms with Gasteiger partial charge in [-0.2, -0.15) is 0 Å². The minimum absolute atomic E-state index is 0.190. The molecule has 0 aromatic heterocycles. The second kappa shape index (κ2) is 10.3. The molecule has 2 aliphatic rings. The number of hydrogen-bond acceptors (Lipinski definition) is 5. The maximum Gasteiger partial charge on any atom is 0.328 e. The van der Waals surface area contributed by atoms with Crippen molar-refractivity contribution in [1.29, 1.82) is 0 Å². The number of ether oxygens (including phenoxy) is 2. The van der Waals surface area contributed by atoms with E-state index in [-0.39, 0.29) is 5.97 Å². The van der Waals surface area contributed by atoms with Crippen LogP contribution in [0.4, 0.5) is 5.69 Å². The topological polar surface area (TPSA) is 42.0 Å². The molecule has 5 heteroatoms. The first-order chi connectivity index (χ1) is 16.7. The van der Waals surface area contributed by atoms with Gasteiger partial charge in [0.05, 0.1) is 13.2 Å². The smallest absolute Gasteiger partial charge is 0.328 e. The molecule has 0 N–H and O–H groups in total. The van der Waals surface area contributed by atoms with Gasteiger partial charge in [-0.3, -0.25) is 4.90 Å². The molecule has 176 valence electrons. The van der Waals surface area contributed by atoms with Crippen LogP contribution in [0.25, 0.3) is 0 Å². The van der Waals surface area contributed by atoms with Crippen LogP contribution in [0.2, 0.25) is 0 Å². The lowest BCUT2D eigenvalue weighted by atomic mass is 9.91. The predicted octanol–water partition coefficient (Wildman–Crippen LogP) is 4.79. The lowest BCUT2D eigenvalue weighted by molar-refractivity contribution is -0.150. The average Bonchev–Trinajstić information content (AvgIpc) is 3.28. The largest absolute Gasteiger partial charge is 0.492 e. The summed E-state index contributed by atoms with van der Waals surface area (Å²) in [4.78, 5) is 17.7. The van der Waals surface area contributed by atoms with E-state index in [0.29, 0.717) is 19.8 Å². The molecule has 0 aliphatic carbocycles. The van der Waals surface area contributed by atoms with Crippen molar-refractivity contribution in [3.63, 3.8) is 0 Å². The molecule has 0 saturated heterocycles. The molecule has 0 bridgehead atoms. The quantitative estimate of drug-likeness (QED) is 0.456.